The topological polar surface area (TPSA) is 70.0 Å². The second kappa shape index (κ2) is 7.66. The molecule has 4 nitrogen and oxygen atoms in total. The standard InChI is InChI=1S/C18H13FN2O2/c19-14-9-6-13(7-10-14)8-11-17(22)16(12-20)18(23)21-15-4-2-1-3-5-15/h1-11,16H,(H,21,23)/b11-8-/t16-/m0/s1. The number of allylic oxidation sites excluding steroid dienone is 1. The van der Waals surface area contributed by atoms with Crippen LogP contribution in [-0.4, -0.2) is 11.7 Å². The molecule has 2 aromatic rings. The number of hydrogen-bond acceptors (Lipinski definition) is 3. The molecule has 0 aliphatic rings. The first-order valence-electron chi connectivity index (χ1n) is 6.83. The molecule has 2 aromatic carbocycles. The predicted octanol–water partition coefficient (Wildman–Crippen LogP) is 3.19. The van der Waals surface area contributed by atoms with Gasteiger partial charge >= 0.3 is 0 Å². The maximum absolute atomic E-state index is 12.8. The van der Waals surface area contributed by atoms with Crippen LogP contribution in [0.25, 0.3) is 6.08 Å². The molecule has 0 aliphatic carbocycles. The van der Waals surface area contributed by atoms with Gasteiger partial charge in [-0.2, -0.15) is 5.26 Å². The van der Waals surface area contributed by atoms with Gasteiger partial charge in [-0.3, -0.25) is 9.59 Å². The van der Waals surface area contributed by atoms with Crippen molar-refractivity contribution in [3.63, 3.8) is 0 Å². The average Bonchev–Trinajstić information content (AvgIpc) is 2.56. The Morgan fingerprint density at radius 3 is 2.35 bits per heavy atom. The summed E-state index contributed by atoms with van der Waals surface area (Å²) in [6.07, 6.45) is 2.58. The van der Waals surface area contributed by atoms with Crippen LogP contribution >= 0.6 is 0 Å². The van der Waals surface area contributed by atoms with E-state index in [9.17, 15) is 14.0 Å². The lowest BCUT2D eigenvalue weighted by atomic mass is 10.0. The summed E-state index contributed by atoms with van der Waals surface area (Å²) in [5, 5.41) is 11.6. The highest BCUT2D eigenvalue weighted by molar-refractivity contribution is 6.14. The Bertz CT molecular complexity index is 762. The van der Waals surface area contributed by atoms with Crippen LogP contribution in [0.3, 0.4) is 0 Å². The summed E-state index contributed by atoms with van der Waals surface area (Å²) in [7, 11) is 0. The molecule has 23 heavy (non-hydrogen) atoms. The smallest absolute Gasteiger partial charge is 0.249 e. The van der Waals surface area contributed by atoms with Gasteiger partial charge in [-0.15, -0.1) is 0 Å². The Kier molecular flexibility index (Phi) is 5.37. The fourth-order valence-electron chi connectivity index (χ4n) is 1.84. The molecular weight excluding hydrogens is 295 g/mol. The third-order valence-corrected chi connectivity index (χ3v) is 3.03. The second-order valence-electron chi connectivity index (χ2n) is 4.70. The fourth-order valence-corrected chi connectivity index (χ4v) is 1.84. The summed E-state index contributed by atoms with van der Waals surface area (Å²) < 4.78 is 12.8. The summed E-state index contributed by atoms with van der Waals surface area (Å²) >= 11 is 0. The van der Waals surface area contributed by atoms with E-state index in [1.807, 2.05) is 0 Å². The van der Waals surface area contributed by atoms with Gasteiger partial charge < -0.3 is 5.32 Å². The van der Waals surface area contributed by atoms with Gasteiger partial charge in [0.15, 0.2) is 11.7 Å². The molecular formula is C18H13FN2O2. The number of benzene rings is 2. The van der Waals surface area contributed by atoms with Crippen LogP contribution in [0.1, 0.15) is 5.56 Å². The van der Waals surface area contributed by atoms with Gasteiger partial charge in [0.1, 0.15) is 5.82 Å². The van der Waals surface area contributed by atoms with Crippen LogP contribution in [0.15, 0.2) is 60.7 Å². The van der Waals surface area contributed by atoms with Crippen molar-refractivity contribution in [2.24, 2.45) is 5.92 Å². The maximum atomic E-state index is 12.8. The molecule has 2 rings (SSSR count). The Morgan fingerprint density at radius 1 is 1.09 bits per heavy atom. The number of halogens is 1. The number of hydrogen-bond donors (Lipinski definition) is 1. The quantitative estimate of drug-likeness (QED) is 0.681. The number of rotatable bonds is 5. The Morgan fingerprint density at radius 2 is 1.74 bits per heavy atom. The highest BCUT2D eigenvalue weighted by Crippen LogP contribution is 2.10. The van der Waals surface area contributed by atoms with Crippen molar-refractivity contribution < 1.29 is 14.0 Å². The molecule has 0 heterocycles. The Balaban J connectivity index is 2.05. The molecule has 1 N–H and O–H groups in total. The van der Waals surface area contributed by atoms with E-state index in [1.54, 1.807) is 36.4 Å². The molecule has 0 bridgehead atoms. The molecule has 1 amide bonds. The number of amides is 1. The molecule has 0 saturated heterocycles. The normalized spacial score (nSPS) is 11.7. The molecule has 0 spiro atoms. The molecule has 114 valence electrons. The van der Waals surface area contributed by atoms with E-state index in [0.717, 1.165) is 6.08 Å². The van der Waals surface area contributed by atoms with E-state index >= 15 is 0 Å². The Hall–Kier alpha value is -3.26. The van der Waals surface area contributed by atoms with Gasteiger partial charge in [0.05, 0.1) is 6.07 Å². The van der Waals surface area contributed by atoms with Crippen molar-refractivity contribution in [2.75, 3.05) is 5.32 Å². The van der Waals surface area contributed by atoms with Crippen LogP contribution < -0.4 is 5.32 Å². The molecule has 0 aromatic heterocycles. The van der Waals surface area contributed by atoms with Crippen molar-refractivity contribution in [2.45, 2.75) is 0 Å². The average molecular weight is 308 g/mol. The van der Waals surface area contributed by atoms with Crippen molar-refractivity contribution in [3.05, 3.63) is 72.1 Å². The van der Waals surface area contributed by atoms with Gasteiger partial charge in [-0.25, -0.2) is 4.39 Å². The molecule has 5 heteroatoms. The van der Waals surface area contributed by atoms with Gasteiger partial charge in [0.25, 0.3) is 0 Å². The Labute approximate surface area is 132 Å². The number of nitrogens with one attached hydrogen (secondary N) is 1. The van der Waals surface area contributed by atoms with E-state index in [-0.39, 0.29) is 5.82 Å². The fraction of sp³-hybridized carbons (Fsp3) is 0.0556. The lowest BCUT2D eigenvalue weighted by molar-refractivity contribution is -0.126. The van der Waals surface area contributed by atoms with E-state index in [4.69, 9.17) is 5.26 Å². The maximum Gasteiger partial charge on any atom is 0.249 e. The number of nitriles is 1. The first kappa shape index (κ1) is 16.1. The minimum atomic E-state index is -1.44. The van der Waals surface area contributed by atoms with Crippen LogP contribution in [-0.2, 0) is 9.59 Å². The number of nitrogens with zero attached hydrogens (tertiary/aromatic N) is 1. The largest absolute Gasteiger partial charge is 0.325 e. The summed E-state index contributed by atoms with van der Waals surface area (Å²) in [6, 6.07) is 15.8. The summed E-state index contributed by atoms with van der Waals surface area (Å²) in [4.78, 5) is 24.0. The number of para-hydroxylation sites is 1. The zero-order valence-corrected chi connectivity index (χ0v) is 12.1. The minimum Gasteiger partial charge on any atom is -0.325 e. The number of carbonyl (C=O) groups is 2. The van der Waals surface area contributed by atoms with Gasteiger partial charge in [-0.05, 0) is 35.9 Å². The van der Waals surface area contributed by atoms with E-state index in [0.29, 0.717) is 11.3 Å². The number of anilines is 1. The number of carbonyl (C=O) groups excluding carboxylic acids is 2. The van der Waals surface area contributed by atoms with Gasteiger partial charge in [-0.1, -0.05) is 36.4 Å². The van der Waals surface area contributed by atoms with Crippen molar-refractivity contribution >= 4 is 23.5 Å². The summed E-state index contributed by atoms with van der Waals surface area (Å²) in [5.41, 5.74) is 1.10. The van der Waals surface area contributed by atoms with Gasteiger partial charge in [0.2, 0.25) is 5.91 Å². The molecule has 1 atom stereocenters. The van der Waals surface area contributed by atoms with Crippen molar-refractivity contribution in [1.82, 2.24) is 0 Å². The van der Waals surface area contributed by atoms with Crippen molar-refractivity contribution in [1.29, 1.82) is 5.26 Å². The first-order valence-corrected chi connectivity index (χ1v) is 6.83. The number of ketones is 1. The monoisotopic (exact) mass is 308 g/mol. The van der Waals surface area contributed by atoms with Crippen LogP contribution in [0.5, 0.6) is 0 Å². The van der Waals surface area contributed by atoms with Gasteiger partial charge in [0, 0.05) is 5.69 Å². The first-order chi connectivity index (χ1) is 11.1. The van der Waals surface area contributed by atoms with E-state index in [2.05, 4.69) is 5.32 Å². The summed E-state index contributed by atoms with van der Waals surface area (Å²) in [6.45, 7) is 0. The SMILES string of the molecule is N#C[C@@H](C(=O)/C=C\c1ccc(F)cc1)C(=O)Nc1ccccc1. The minimum absolute atomic E-state index is 0.384. The van der Waals surface area contributed by atoms with E-state index < -0.39 is 17.6 Å². The van der Waals surface area contributed by atoms with Crippen molar-refractivity contribution in [3.8, 4) is 6.07 Å². The second-order valence-corrected chi connectivity index (χ2v) is 4.70. The third kappa shape index (κ3) is 4.61. The predicted molar refractivity (Wildman–Crippen MR) is 84.6 cm³/mol. The molecule has 0 fully saturated rings. The zero-order chi connectivity index (χ0) is 16.7. The third-order valence-electron chi connectivity index (χ3n) is 3.03. The highest BCUT2D eigenvalue weighted by atomic mass is 19.1. The lowest BCUT2D eigenvalue weighted by Crippen LogP contribution is -2.27. The highest BCUT2D eigenvalue weighted by Gasteiger charge is 2.24. The lowest BCUT2D eigenvalue weighted by Gasteiger charge is -2.07. The molecule has 0 radical (unpaired) electrons. The molecule has 0 saturated carbocycles. The van der Waals surface area contributed by atoms with Crippen LogP contribution in [0, 0.1) is 23.1 Å². The summed E-state index contributed by atoms with van der Waals surface area (Å²) in [5.74, 6) is -3.14. The van der Waals surface area contributed by atoms with Crippen LogP contribution in [0.4, 0.5) is 10.1 Å². The molecule has 0 unspecified atom stereocenters. The van der Waals surface area contributed by atoms with E-state index in [1.165, 1.54) is 30.3 Å². The molecule has 0 aliphatic heterocycles. The zero-order valence-electron chi connectivity index (χ0n) is 12.1. The van der Waals surface area contributed by atoms with Crippen LogP contribution in [0.2, 0.25) is 0 Å².